The molecule has 36 heavy (non-hydrogen) atoms. The molecule has 1 spiro atoms. The van der Waals surface area contributed by atoms with E-state index in [1.165, 1.54) is 0 Å². The second-order valence-electron chi connectivity index (χ2n) is 9.70. The highest BCUT2D eigenvalue weighted by molar-refractivity contribution is 8.02. The zero-order valence-electron chi connectivity index (χ0n) is 21.2. The van der Waals surface area contributed by atoms with Crippen LogP contribution in [0.1, 0.15) is 33.1 Å². The fraction of sp³-hybridized carbons (Fsp3) is 0.593. The second kappa shape index (κ2) is 10.8. The number of amides is 2. The van der Waals surface area contributed by atoms with Crippen LogP contribution < -0.4 is 9.64 Å². The summed E-state index contributed by atoms with van der Waals surface area (Å²) < 4.78 is 9.97. The van der Waals surface area contributed by atoms with Crippen LogP contribution in [0, 0.1) is 17.8 Å². The maximum absolute atomic E-state index is 14.4. The number of rotatable bonds is 11. The Morgan fingerprint density at radius 2 is 2.03 bits per heavy atom. The van der Waals surface area contributed by atoms with Gasteiger partial charge in [0.25, 0.3) is 5.91 Å². The molecular formula is C27H36N2O6S. The number of nitrogens with zero attached hydrogens (tertiary/aromatic N) is 2. The van der Waals surface area contributed by atoms with E-state index in [1.54, 1.807) is 53.8 Å². The third kappa shape index (κ3) is 4.20. The van der Waals surface area contributed by atoms with E-state index in [9.17, 15) is 19.5 Å². The molecule has 6 atom stereocenters. The summed E-state index contributed by atoms with van der Waals surface area (Å²) in [6.45, 7) is 8.62. The minimum atomic E-state index is -0.722. The van der Waals surface area contributed by atoms with Crippen molar-refractivity contribution in [1.82, 2.24) is 4.90 Å². The fourth-order valence-electron chi connectivity index (χ4n) is 6.30. The lowest BCUT2D eigenvalue weighted by molar-refractivity contribution is -0.154. The van der Waals surface area contributed by atoms with Crippen molar-refractivity contribution in [3.8, 4) is 5.75 Å². The monoisotopic (exact) mass is 516 g/mol. The van der Waals surface area contributed by atoms with Crippen LogP contribution >= 0.6 is 11.8 Å². The van der Waals surface area contributed by atoms with Gasteiger partial charge in [-0.3, -0.25) is 14.4 Å². The summed E-state index contributed by atoms with van der Waals surface area (Å²) in [5.41, 5.74) is 0.690. The van der Waals surface area contributed by atoms with Gasteiger partial charge in [0, 0.05) is 30.6 Å². The fourth-order valence-corrected chi connectivity index (χ4v) is 8.71. The first kappa shape index (κ1) is 26.5. The minimum absolute atomic E-state index is 0.0162. The lowest BCUT2D eigenvalue weighted by Gasteiger charge is -2.40. The van der Waals surface area contributed by atoms with Crippen molar-refractivity contribution in [3.05, 3.63) is 36.9 Å². The molecule has 1 aromatic carbocycles. The maximum atomic E-state index is 14.4. The van der Waals surface area contributed by atoms with Gasteiger partial charge in [-0.05, 0) is 56.4 Å². The number of esters is 1. The molecule has 3 heterocycles. The first-order valence-corrected chi connectivity index (χ1v) is 13.6. The van der Waals surface area contributed by atoms with Gasteiger partial charge in [-0.15, -0.1) is 18.3 Å². The van der Waals surface area contributed by atoms with E-state index >= 15 is 0 Å². The molecule has 0 saturated carbocycles. The molecule has 0 radical (unpaired) electrons. The quantitative estimate of drug-likeness (QED) is 0.274. The number of aliphatic hydroxyl groups is 1. The van der Waals surface area contributed by atoms with Crippen molar-refractivity contribution in [1.29, 1.82) is 0 Å². The lowest BCUT2D eigenvalue weighted by Crippen LogP contribution is -2.57. The molecule has 8 nitrogen and oxygen atoms in total. The summed E-state index contributed by atoms with van der Waals surface area (Å²) in [6.07, 6.45) is 3.54. The van der Waals surface area contributed by atoms with Crippen LogP contribution in [0.5, 0.6) is 5.75 Å². The van der Waals surface area contributed by atoms with Crippen LogP contribution in [-0.2, 0) is 19.1 Å². The molecule has 9 heteroatoms. The second-order valence-corrected chi connectivity index (χ2v) is 11.3. The Labute approximate surface area is 217 Å². The Morgan fingerprint density at radius 3 is 2.64 bits per heavy atom. The van der Waals surface area contributed by atoms with Gasteiger partial charge in [-0.1, -0.05) is 13.0 Å². The summed E-state index contributed by atoms with van der Waals surface area (Å²) in [5, 5.41) is 9.30. The van der Waals surface area contributed by atoms with Crippen LogP contribution in [0.15, 0.2) is 36.9 Å². The Hall–Kier alpha value is -2.52. The van der Waals surface area contributed by atoms with E-state index in [4.69, 9.17) is 9.47 Å². The molecule has 3 unspecified atom stereocenters. The summed E-state index contributed by atoms with van der Waals surface area (Å²) in [6, 6.07) is 6.53. The number of ether oxygens (including phenoxy) is 2. The number of likely N-dealkylation sites (tertiary alicyclic amines) is 1. The molecular weight excluding hydrogens is 480 g/mol. The zero-order chi connectivity index (χ0) is 26.0. The molecule has 3 aliphatic rings. The number of hydrogen-bond donors (Lipinski definition) is 1. The van der Waals surface area contributed by atoms with Crippen LogP contribution in [0.3, 0.4) is 0 Å². The Bertz CT molecular complexity index is 1000. The van der Waals surface area contributed by atoms with E-state index in [0.29, 0.717) is 30.8 Å². The highest BCUT2D eigenvalue weighted by Gasteiger charge is 2.76. The molecule has 3 aliphatic heterocycles. The van der Waals surface area contributed by atoms with Crippen molar-refractivity contribution < 1.29 is 29.0 Å². The molecule has 0 aromatic heterocycles. The normalized spacial score (nSPS) is 30.3. The van der Waals surface area contributed by atoms with Gasteiger partial charge < -0.3 is 24.4 Å². The lowest BCUT2D eigenvalue weighted by atomic mass is 9.66. The molecule has 4 rings (SSSR count). The largest absolute Gasteiger partial charge is 0.497 e. The van der Waals surface area contributed by atoms with Gasteiger partial charge in [0.2, 0.25) is 5.91 Å². The SMILES string of the molecule is C=CCN(C(=O)C1N(CCCCO)C(=O)[C@@H]2[C@@H](C(=O)OCC)[C@H]3CC(C)C12S3)c1ccc(OC)cc1. The summed E-state index contributed by atoms with van der Waals surface area (Å²) in [5.74, 6) is -1.07. The molecule has 2 bridgehead atoms. The molecule has 0 aliphatic carbocycles. The Balaban J connectivity index is 1.77. The average Bonchev–Trinajstić information content (AvgIpc) is 3.46. The topological polar surface area (TPSA) is 96.4 Å². The van der Waals surface area contributed by atoms with Gasteiger partial charge >= 0.3 is 5.97 Å². The molecule has 196 valence electrons. The van der Waals surface area contributed by atoms with Gasteiger partial charge in [-0.25, -0.2) is 0 Å². The number of fused-ring (bicyclic) bond motifs is 1. The predicted molar refractivity (Wildman–Crippen MR) is 139 cm³/mol. The molecule has 3 fully saturated rings. The number of carbonyl (C=O) groups is 3. The first-order valence-electron chi connectivity index (χ1n) is 12.7. The number of aliphatic hydroxyl groups excluding tert-OH is 1. The molecule has 1 aromatic rings. The number of benzene rings is 1. The number of anilines is 1. The molecule has 1 N–H and O–H groups in total. The van der Waals surface area contributed by atoms with Crippen molar-refractivity contribution >= 4 is 35.2 Å². The third-order valence-corrected chi connectivity index (χ3v) is 9.88. The molecule has 2 amide bonds. The van der Waals surface area contributed by atoms with E-state index in [1.807, 2.05) is 12.1 Å². The van der Waals surface area contributed by atoms with Gasteiger partial charge in [-0.2, -0.15) is 0 Å². The highest BCUT2D eigenvalue weighted by atomic mass is 32.2. The minimum Gasteiger partial charge on any atom is -0.497 e. The third-order valence-electron chi connectivity index (χ3n) is 7.81. The zero-order valence-corrected chi connectivity index (χ0v) is 22.0. The van der Waals surface area contributed by atoms with Crippen LogP contribution in [0.25, 0.3) is 0 Å². The van der Waals surface area contributed by atoms with Gasteiger partial charge in [0.15, 0.2) is 0 Å². The van der Waals surface area contributed by atoms with Gasteiger partial charge in [0.05, 0.1) is 30.3 Å². The van der Waals surface area contributed by atoms with Crippen LogP contribution in [-0.4, -0.2) is 77.2 Å². The Morgan fingerprint density at radius 1 is 1.31 bits per heavy atom. The highest BCUT2D eigenvalue weighted by Crippen LogP contribution is 2.68. The maximum Gasteiger partial charge on any atom is 0.310 e. The molecule has 3 saturated heterocycles. The van der Waals surface area contributed by atoms with Crippen molar-refractivity contribution in [2.75, 3.05) is 38.3 Å². The van der Waals surface area contributed by atoms with Crippen LogP contribution in [0.4, 0.5) is 5.69 Å². The van der Waals surface area contributed by atoms with Crippen molar-refractivity contribution in [3.63, 3.8) is 0 Å². The first-order chi connectivity index (χ1) is 17.3. The number of unbranched alkanes of at least 4 members (excludes halogenated alkanes) is 1. The smallest absolute Gasteiger partial charge is 0.310 e. The van der Waals surface area contributed by atoms with Crippen molar-refractivity contribution in [2.45, 2.75) is 49.1 Å². The summed E-state index contributed by atoms with van der Waals surface area (Å²) >= 11 is 1.63. The standard InChI is InChI=1S/C27H36N2O6S/c1-5-13-28(18-9-11-19(34-4)12-10-18)25(32)23-27-17(3)16-20(36-27)21(26(33)35-6-2)22(27)24(31)29(23)14-7-8-15-30/h5,9-12,17,20-23,30H,1,6-8,13-16H2,2-4H3/t17?,20-,21+,22+,23?,27?/m1/s1. The van der Waals surface area contributed by atoms with E-state index < -0.39 is 22.6 Å². The summed E-state index contributed by atoms with van der Waals surface area (Å²) in [7, 11) is 1.59. The average molecular weight is 517 g/mol. The Kier molecular flexibility index (Phi) is 7.99. The number of thioether (sulfide) groups is 1. The van der Waals surface area contributed by atoms with Gasteiger partial charge in [0.1, 0.15) is 11.8 Å². The van der Waals surface area contributed by atoms with E-state index in [2.05, 4.69) is 13.5 Å². The summed E-state index contributed by atoms with van der Waals surface area (Å²) in [4.78, 5) is 44.8. The van der Waals surface area contributed by atoms with E-state index in [0.717, 1.165) is 6.42 Å². The number of carbonyl (C=O) groups excluding carboxylic acids is 3. The number of methoxy groups -OCH3 is 1. The van der Waals surface area contributed by atoms with Crippen LogP contribution in [0.2, 0.25) is 0 Å². The van der Waals surface area contributed by atoms with Crippen molar-refractivity contribution in [2.24, 2.45) is 17.8 Å². The predicted octanol–water partition coefficient (Wildman–Crippen LogP) is 2.89. The van der Waals surface area contributed by atoms with E-state index in [-0.39, 0.29) is 48.7 Å². The number of hydrogen-bond acceptors (Lipinski definition) is 7.